The number of hydrogen-bond acceptors (Lipinski definition) is 4. The van der Waals surface area contributed by atoms with Crippen molar-refractivity contribution >= 4 is 11.8 Å². The van der Waals surface area contributed by atoms with Crippen LogP contribution in [-0.2, 0) is 9.53 Å². The molecule has 16 heavy (non-hydrogen) atoms. The summed E-state index contributed by atoms with van der Waals surface area (Å²) in [5, 5.41) is 0. The Balaban J connectivity index is 2.48. The predicted octanol–water partition coefficient (Wildman–Crippen LogP) is 1.68. The van der Waals surface area contributed by atoms with Crippen LogP contribution in [0.4, 0.5) is 4.39 Å². The number of carbonyl (C=O) groups is 1. The zero-order valence-electron chi connectivity index (χ0n) is 9.15. The minimum absolute atomic E-state index is 0.146. The van der Waals surface area contributed by atoms with Gasteiger partial charge in [-0.1, -0.05) is 13.0 Å². The van der Waals surface area contributed by atoms with E-state index in [1.165, 1.54) is 12.2 Å². The molecule has 0 fully saturated rings. The maximum absolute atomic E-state index is 12.9. The molecule has 1 unspecified atom stereocenters. The van der Waals surface area contributed by atoms with E-state index in [1.807, 2.05) is 6.92 Å². The molecule has 2 N–H and O–H groups in total. The van der Waals surface area contributed by atoms with Gasteiger partial charge < -0.3 is 10.5 Å². The Morgan fingerprint density at radius 3 is 3.25 bits per heavy atom. The third kappa shape index (κ3) is 3.84. The van der Waals surface area contributed by atoms with E-state index in [9.17, 15) is 9.18 Å². The van der Waals surface area contributed by atoms with Gasteiger partial charge in [0.2, 0.25) is 0 Å². The first-order valence-electron chi connectivity index (χ1n) is 5.16. The molecule has 1 rings (SSSR count). The molecule has 0 spiro atoms. The number of allylic oxidation sites excluding steroid dienone is 1. The van der Waals surface area contributed by atoms with Crippen LogP contribution in [0.5, 0.6) is 0 Å². The summed E-state index contributed by atoms with van der Waals surface area (Å²) < 4.78 is 17.7. The molecule has 0 aromatic heterocycles. The van der Waals surface area contributed by atoms with Gasteiger partial charge in [0.25, 0.3) is 0 Å². The summed E-state index contributed by atoms with van der Waals surface area (Å²) in [7, 11) is 0. The van der Waals surface area contributed by atoms with Crippen molar-refractivity contribution in [3.8, 4) is 0 Å². The first kappa shape index (κ1) is 12.4. The summed E-state index contributed by atoms with van der Waals surface area (Å²) in [5.74, 6) is -0.837. The maximum atomic E-state index is 12.9. The minimum atomic E-state index is -0.440. The molecule has 0 aromatic carbocycles. The summed E-state index contributed by atoms with van der Waals surface area (Å²) >= 11 is 0. The van der Waals surface area contributed by atoms with E-state index in [1.54, 1.807) is 0 Å². The van der Waals surface area contributed by atoms with Gasteiger partial charge in [-0.15, -0.1) is 0 Å². The lowest BCUT2D eigenvalue weighted by atomic mass is 10.0. The Kier molecular flexibility index (Phi) is 4.69. The zero-order valence-corrected chi connectivity index (χ0v) is 9.15. The van der Waals surface area contributed by atoms with E-state index in [2.05, 4.69) is 4.99 Å². The van der Waals surface area contributed by atoms with E-state index >= 15 is 0 Å². The predicted molar refractivity (Wildman–Crippen MR) is 59.3 cm³/mol. The zero-order chi connectivity index (χ0) is 12.0. The molecule has 0 saturated heterocycles. The first-order chi connectivity index (χ1) is 7.63. The lowest BCUT2D eigenvalue weighted by Gasteiger charge is -2.13. The van der Waals surface area contributed by atoms with E-state index in [-0.39, 0.29) is 18.2 Å². The summed E-state index contributed by atoms with van der Waals surface area (Å²) in [6, 6.07) is 0. The van der Waals surface area contributed by atoms with Crippen molar-refractivity contribution in [2.75, 3.05) is 6.61 Å². The van der Waals surface area contributed by atoms with Crippen LogP contribution in [0.3, 0.4) is 0 Å². The van der Waals surface area contributed by atoms with E-state index in [0.717, 1.165) is 12.6 Å². The normalized spacial score (nSPS) is 20.5. The average Bonchev–Trinajstić information content (AvgIpc) is 2.27. The molecule has 1 atom stereocenters. The third-order valence-electron chi connectivity index (χ3n) is 2.06. The highest BCUT2D eigenvalue weighted by Gasteiger charge is 2.16. The van der Waals surface area contributed by atoms with Gasteiger partial charge in [0.1, 0.15) is 11.7 Å². The Morgan fingerprint density at radius 1 is 1.81 bits per heavy atom. The lowest BCUT2D eigenvalue weighted by molar-refractivity contribution is -0.137. The highest BCUT2D eigenvalue weighted by molar-refractivity contribution is 5.88. The quantitative estimate of drug-likeness (QED) is 0.586. The van der Waals surface area contributed by atoms with Crippen molar-refractivity contribution in [1.29, 1.82) is 0 Å². The molecule has 0 saturated carbocycles. The molecular formula is C11H15FN2O2. The van der Waals surface area contributed by atoms with Crippen molar-refractivity contribution in [3.05, 3.63) is 24.2 Å². The second-order valence-electron chi connectivity index (χ2n) is 3.47. The molecule has 1 aliphatic heterocycles. The Morgan fingerprint density at radius 2 is 2.56 bits per heavy atom. The van der Waals surface area contributed by atoms with Gasteiger partial charge >= 0.3 is 5.97 Å². The minimum Gasteiger partial charge on any atom is -0.463 e. The fourth-order valence-electron chi connectivity index (χ4n) is 1.22. The highest BCUT2D eigenvalue weighted by Crippen LogP contribution is 2.19. The van der Waals surface area contributed by atoms with Crippen molar-refractivity contribution in [1.82, 2.24) is 0 Å². The number of halogens is 1. The molecule has 1 heterocycles. The summed E-state index contributed by atoms with van der Waals surface area (Å²) in [6.45, 7) is 2.29. The Labute approximate surface area is 93.7 Å². The van der Waals surface area contributed by atoms with Crippen molar-refractivity contribution in [2.45, 2.75) is 19.8 Å². The summed E-state index contributed by atoms with van der Waals surface area (Å²) in [4.78, 5) is 14.8. The van der Waals surface area contributed by atoms with Gasteiger partial charge in [-0.3, -0.25) is 0 Å². The number of nitrogens with zero attached hydrogens (tertiary/aromatic N) is 1. The number of hydrogen-bond donors (Lipinski definition) is 1. The van der Waals surface area contributed by atoms with Gasteiger partial charge in [-0.05, 0) is 6.42 Å². The average molecular weight is 226 g/mol. The third-order valence-corrected chi connectivity index (χ3v) is 2.06. The van der Waals surface area contributed by atoms with Crippen LogP contribution >= 0.6 is 0 Å². The maximum Gasteiger partial charge on any atom is 0.330 e. The van der Waals surface area contributed by atoms with Crippen molar-refractivity contribution < 1.29 is 13.9 Å². The smallest absolute Gasteiger partial charge is 0.330 e. The van der Waals surface area contributed by atoms with Crippen LogP contribution in [-0.4, -0.2) is 18.4 Å². The van der Waals surface area contributed by atoms with Gasteiger partial charge in [-0.25, -0.2) is 14.2 Å². The molecule has 0 aromatic rings. The van der Waals surface area contributed by atoms with Gasteiger partial charge in [0.05, 0.1) is 12.8 Å². The van der Waals surface area contributed by atoms with Crippen molar-refractivity contribution in [2.24, 2.45) is 16.6 Å². The topological polar surface area (TPSA) is 64.7 Å². The second kappa shape index (κ2) is 6.05. The number of esters is 1. The summed E-state index contributed by atoms with van der Waals surface area (Å²) in [6.07, 6.45) is 4.79. The van der Waals surface area contributed by atoms with E-state index in [4.69, 9.17) is 10.5 Å². The van der Waals surface area contributed by atoms with Gasteiger partial charge in [0, 0.05) is 18.4 Å². The molecule has 1 aliphatic rings. The molecule has 4 nitrogen and oxygen atoms in total. The number of amidine groups is 1. The van der Waals surface area contributed by atoms with Crippen LogP contribution in [0.1, 0.15) is 19.8 Å². The number of carbonyl (C=O) groups excluding carboxylic acids is 1. The molecule has 0 radical (unpaired) electrons. The van der Waals surface area contributed by atoms with Crippen LogP contribution in [0.25, 0.3) is 0 Å². The van der Waals surface area contributed by atoms with Gasteiger partial charge in [-0.2, -0.15) is 0 Å². The number of aliphatic imine (C=N–C) groups is 1. The molecule has 0 amide bonds. The van der Waals surface area contributed by atoms with Crippen LogP contribution in [0.15, 0.2) is 29.2 Å². The second-order valence-corrected chi connectivity index (χ2v) is 3.47. The largest absolute Gasteiger partial charge is 0.463 e. The van der Waals surface area contributed by atoms with Crippen molar-refractivity contribution in [3.63, 3.8) is 0 Å². The number of rotatable bonds is 4. The summed E-state index contributed by atoms with van der Waals surface area (Å²) in [5.41, 5.74) is 5.56. The van der Waals surface area contributed by atoms with Crippen LogP contribution in [0.2, 0.25) is 0 Å². The molecule has 88 valence electrons. The Bertz CT molecular complexity index is 348. The van der Waals surface area contributed by atoms with E-state index in [0.29, 0.717) is 12.4 Å². The SMILES string of the molecule is CCCOC(=O)/C=C/C1CC(F)=CN=C1N. The molecular weight excluding hydrogens is 211 g/mol. The number of ether oxygens (including phenoxy) is 1. The highest BCUT2D eigenvalue weighted by atomic mass is 19.1. The Hall–Kier alpha value is -1.65. The van der Waals surface area contributed by atoms with Crippen LogP contribution < -0.4 is 5.73 Å². The fourth-order valence-corrected chi connectivity index (χ4v) is 1.22. The van der Waals surface area contributed by atoms with Gasteiger partial charge in [0.15, 0.2) is 0 Å². The van der Waals surface area contributed by atoms with Crippen LogP contribution in [0, 0.1) is 5.92 Å². The number of nitrogens with two attached hydrogens (primary N) is 1. The lowest BCUT2D eigenvalue weighted by Crippen LogP contribution is -2.24. The monoisotopic (exact) mass is 226 g/mol. The fraction of sp³-hybridized carbons (Fsp3) is 0.455. The standard InChI is InChI=1S/C11H15FN2O2/c1-2-5-16-10(15)4-3-8-6-9(12)7-14-11(8)13/h3-4,7-8H,2,5-6H2,1H3,(H2,13,14)/b4-3+. The molecule has 0 bridgehead atoms. The molecule has 5 heteroatoms. The molecule has 0 aliphatic carbocycles. The van der Waals surface area contributed by atoms with E-state index < -0.39 is 5.97 Å². The first-order valence-corrected chi connectivity index (χ1v) is 5.16.